The van der Waals surface area contributed by atoms with Crippen LogP contribution in [0.5, 0.6) is 0 Å². The molecule has 4 N–H and O–H groups in total. The van der Waals surface area contributed by atoms with Gasteiger partial charge in [0, 0.05) is 12.6 Å². The molecule has 1 saturated heterocycles. The summed E-state index contributed by atoms with van der Waals surface area (Å²) in [6.45, 7) is 1.80. The molecule has 1 aliphatic rings. The van der Waals surface area contributed by atoms with E-state index in [0.29, 0.717) is 17.2 Å². The van der Waals surface area contributed by atoms with Crippen LogP contribution in [-0.2, 0) is 20.4 Å². The van der Waals surface area contributed by atoms with Gasteiger partial charge in [0.25, 0.3) is 0 Å². The molecule has 38 heavy (non-hydrogen) atoms. The van der Waals surface area contributed by atoms with Crippen molar-refractivity contribution < 1.29 is 37.7 Å². The highest BCUT2D eigenvalue weighted by molar-refractivity contribution is 5.69. The van der Waals surface area contributed by atoms with Crippen LogP contribution in [0.4, 0.5) is 19.0 Å². The first kappa shape index (κ1) is 32.0. The molecule has 12 heteroatoms. The topological polar surface area (TPSA) is 137 Å². The Bertz CT molecular complexity index is 911. The van der Waals surface area contributed by atoms with Gasteiger partial charge in [-0.15, -0.1) is 0 Å². The standard InChI is InChI=1S/C26H42F3N3O6/c1-2-3-4-5-6-7-8-9-10-11-12-13-14-15-20(33)37-17-19-21(34)22(35)24(38-19)32-16-18(26(27,28)29)23(30)31-25(32)36/h16,19,21-22,24,34-35H,2-15,17H2,1H3,(H2,30,31,36)/t19-,21-,22+,24-/m1/s1. The van der Waals surface area contributed by atoms with Gasteiger partial charge in [-0.3, -0.25) is 9.36 Å². The normalized spacial score (nSPS) is 21.6. The summed E-state index contributed by atoms with van der Waals surface area (Å²) in [4.78, 5) is 27.3. The predicted molar refractivity (Wildman–Crippen MR) is 135 cm³/mol. The lowest BCUT2D eigenvalue weighted by Crippen LogP contribution is -2.37. The number of nitrogens with zero attached hydrogens (tertiary/aromatic N) is 2. The maximum atomic E-state index is 13.1. The Labute approximate surface area is 221 Å². The largest absolute Gasteiger partial charge is 0.463 e. The number of alkyl halides is 3. The van der Waals surface area contributed by atoms with E-state index in [1.807, 2.05) is 0 Å². The lowest BCUT2D eigenvalue weighted by atomic mass is 10.0. The number of aromatic nitrogens is 2. The Morgan fingerprint density at radius 1 is 1.00 bits per heavy atom. The van der Waals surface area contributed by atoms with Crippen LogP contribution in [0.3, 0.4) is 0 Å². The molecule has 0 saturated carbocycles. The monoisotopic (exact) mass is 549 g/mol. The van der Waals surface area contributed by atoms with E-state index >= 15 is 0 Å². The minimum absolute atomic E-state index is 0.183. The lowest BCUT2D eigenvalue weighted by Gasteiger charge is -2.19. The van der Waals surface area contributed by atoms with E-state index in [2.05, 4.69) is 11.9 Å². The van der Waals surface area contributed by atoms with Gasteiger partial charge >= 0.3 is 17.8 Å². The van der Waals surface area contributed by atoms with Gasteiger partial charge in [0.05, 0.1) is 0 Å². The molecule has 0 bridgehead atoms. The summed E-state index contributed by atoms with van der Waals surface area (Å²) in [6.07, 6.45) is 4.75. The van der Waals surface area contributed by atoms with Crippen molar-refractivity contribution in [2.24, 2.45) is 0 Å². The van der Waals surface area contributed by atoms with Crippen LogP contribution in [0.25, 0.3) is 0 Å². The van der Waals surface area contributed by atoms with Crippen LogP contribution < -0.4 is 11.4 Å². The Morgan fingerprint density at radius 3 is 2.05 bits per heavy atom. The summed E-state index contributed by atoms with van der Waals surface area (Å²) < 4.78 is 50.3. The third kappa shape index (κ3) is 10.2. The number of esters is 1. The Hall–Kier alpha value is -2.18. The number of aliphatic hydroxyl groups is 2. The van der Waals surface area contributed by atoms with E-state index in [-0.39, 0.29) is 6.42 Å². The summed E-state index contributed by atoms with van der Waals surface area (Å²) in [5.41, 5.74) is 2.63. The second-order valence-corrected chi connectivity index (χ2v) is 9.95. The smallest absolute Gasteiger partial charge is 0.421 e. The number of rotatable bonds is 17. The van der Waals surface area contributed by atoms with Crippen LogP contribution in [0.2, 0.25) is 0 Å². The second kappa shape index (κ2) is 16.0. The van der Waals surface area contributed by atoms with E-state index in [4.69, 9.17) is 15.2 Å². The zero-order valence-corrected chi connectivity index (χ0v) is 22.1. The number of halogens is 3. The molecule has 4 atom stereocenters. The summed E-state index contributed by atoms with van der Waals surface area (Å²) in [5.74, 6) is -1.52. The van der Waals surface area contributed by atoms with E-state index in [0.717, 1.165) is 19.3 Å². The van der Waals surface area contributed by atoms with Gasteiger partial charge in [-0.05, 0) is 6.42 Å². The highest BCUT2D eigenvalue weighted by Gasteiger charge is 2.45. The molecule has 2 heterocycles. The highest BCUT2D eigenvalue weighted by atomic mass is 19.4. The van der Waals surface area contributed by atoms with Crippen LogP contribution >= 0.6 is 0 Å². The first-order valence-corrected chi connectivity index (χ1v) is 13.7. The number of ether oxygens (including phenoxy) is 2. The fourth-order valence-electron chi connectivity index (χ4n) is 4.51. The molecule has 0 aliphatic carbocycles. The SMILES string of the molecule is CCCCCCCCCCCCCCCC(=O)OC[C@H]1O[C@@H](n2cc(C(F)(F)F)c(N)nc2=O)[C@@H](O)[C@@H]1O. The average molecular weight is 550 g/mol. The minimum Gasteiger partial charge on any atom is -0.463 e. The number of aliphatic hydroxyl groups excluding tert-OH is 2. The fraction of sp³-hybridized carbons (Fsp3) is 0.808. The van der Waals surface area contributed by atoms with Gasteiger partial charge in [-0.2, -0.15) is 18.2 Å². The molecule has 218 valence electrons. The zero-order valence-electron chi connectivity index (χ0n) is 22.1. The van der Waals surface area contributed by atoms with Crippen molar-refractivity contribution in [1.29, 1.82) is 0 Å². The third-order valence-corrected chi connectivity index (χ3v) is 6.79. The fourth-order valence-corrected chi connectivity index (χ4v) is 4.51. The molecule has 0 unspecified atom stereocenters. The average Bonchev–Trinajstić information content (AvgIpc) is 3.13. The van der Waals surface area contributed by atoms with Gasteiger partial charge in [0.2, 0.25) is 0 Å². The molecule has 1 aliphatic heterocycles. The highest BCUT2D eigenvalue weighted by Crippen LogP contribution is 2.34. The Kier molecular flexibility index (Phi) is 13.5. The molecule has 1 fully saturated rings. The van der Waals surface area contributed by atoms with Crippen LogP contribution in [0, 0.1) is 0 Å². The van der Waals surface area contributed by atoms with Crippen LogP contribution in [0.15, 0.2) is 11.0 Å². The number of anilines is 1. The van der Waals surface area contributed by atoms with Crippen LogP contribution in [0.1, 0.15) is 109 Å². The molecule has 1 aromatic heterocycles. The van der Waals surface area contributed by atoms with Crippen molar-refractivity contribution in [3.05, 3.63) is 22.2 Å². The molecule has 1 aromatic rings. The summed E-state index contributed by atoms with van der Waals surface area (Å²) in [7, 11) is 0. The van der Waals surface area contributed by atoms with E-state index in [1.165, 1.54) is 57.8 Å². The van der Waals surface area contributed by atoms with Crippen molar-refractivity contribution in [2.45, 2.75) is 128 Å². The van der Waals surface area contributed by atoms with Crippen molar-refractivity contribution in [2.75, 3.05) is 12.3 Å². The van der Waals surface area contributed by atoms with Crippen molar-refractivity contribution in [3.63, 3.8) is 0 Å². The third-order valence-electron chi connectivity index (χ3n) is 6.79. The van der Waals surface area contributed by atoms with E-state index < -0.39 is 60.4 Å². The number of hydrogen-bond acceptors (Lipinski definition) is 8. The number of nitrogens with two attached hydrogens (primary N) is 1. The molecule has 2 rings (SSSR count). The summed E-state index contributed by atoms with van der Waals surface area (Å²) in [5, 5.41) is 20.5. The molecular weight excluding hydrogens is 507 g/mol. The van der Waals surface area contributed by atoms with Gasteiger partial charge in [0.1, 0.15) is 36.3 Å². The van der Waals surface area contributed by atoms with Gasteiger partial charge in [-0.25, -0.2) is 4.79 Å². The van der Waals surface area contributed by atoms with Crippen LogP contribution in [-0.4, -0.2) is 50.7 Å². The minimum atomic E-state index is -4.89. The molecular formula is C26H42F3N3O6. The maximum Gasteiger partial charge on any atom is 0.421 e. The quantitative estimate of drug-likeness (QED) is 0.191. The van der Waals surface area contributed by atoms with E-state index in [9.17, 15) is 33.0 Å². The molecule has 9 nitrogen and oxygen atoms in total. The van der Waals surface area contributed by atoms with Gasteiger partial charge in [-0.1, -0.05) is 84.0 Å². The first-order chi connectivity index (χ1) is 18.1. The Balaban J connectivity index is 1.65. The first-order valence-electron chi connectivity index (χ1n) is 13.7. The summed E-state index contributed by atoms with van der Waals surface area (Å²) in [6, 6.07) is 0. The van der Waals surface area contributed by atoms with Crippen molar-refractivity contribution in [3.8, 4) is 0 Å². The maximum absolute atomic E-state index is 13.1. The molecule has 0 aromatic carbocycles. The zero-order chi connectivity index (χ0) is 28.1. The molecule has 0 amide bonds. The predicted octanol–water partition coefficient (Wildman–Crippen LogP) is 4.49. The van der Waals surface area contributed by atoms with Gasteiger partial charge < -0.3 is 25.4 Å². The number of unbranched alkanes of at least 4 members (excludes halogenated alkanes) is 12. The molecule has 0 spiro atoms. The Morgan fingerprint density at radius 2 is 1.53 bits per heavy atom. The van der Waals surface area contributed by atoms with Crippen molar-refractivity contribution in [1.82, 2.24) is 9.55 Å². The number of carbonyl (C=O) groups excluding carboxylic acids is 1. The summed E-state index contributed by atoms with van der Waals surface area (Å²) >= 11 is 0. The van der Waals surface area contributed by atoms with Crippen molar-refractivity contribution >= 4 is 11.8 Å². The number of nitrogen functional groups attached to an aromatic ring is 1. The van der Waals surface area contributed by atoms with E-state index in [1.54, 1.807) is 0 Å². The molecule has 0 radical (unpaired) electrons. The number of hydrogen-bond donors (Lipinski definition) is 3. The van der Waals surface area contributed by atoms with Gasteiger partial charge in [0.15, 0.2) is 6.23 Å². The lowest BCUT2D eigenvalue weighted by molar-refractivity contribution is -0.150. The number of carbonyl (C=O) groups is 1. The second-order valence-electron chi connectivity index (χ2n) is 9.95.